The van der Waals surface area contributed by atoms with Gasteiger partial charge in [-0.25, -0.2) is 12.8 Å². The summed E-state index contributed by atoms with van der Waals surface area (Å²) in [4.78, 5) is 14.2. The topological polar surface area (TPSA) is 95.9 Å². The number of allylic oxidation sites excluding steroid dienone is 1. The molecule has 1 atom stereocenters. The van der Waals surface area contributed by atoms with E-state index in [0.717, 1.165) is 0 Å². The number of nitrogens with one attached hydrogen (secondary N) is 1. The van der Waals surface area contributed by atoms with Gasteiger partial charge in [-0.2, -0.15) is 0 Å². The first-order valence-corrected chi connectivity index (χ1v) is 13.8. The van der Waals surface area contributed by atoms with E-state index in [2.05, 4.69) is 4.72 Å². The maximum absolute atomic E-state index is 15.0. The minimum Gasteiger partial charge on any atom is -0.494 e. The standard InChI is InChI=1S/C28H28ClFN2O5S/c1-4-8-19-14-23(30)21(18-9-6-5-7-10-18)16-24(19)31-38(35,36)25-15-20(13-22(29)26(25)37-3)27(33)32-12-11-28(2,34)17-32/h4-10,13-16,31,34H,11-12,17H2,1-3H3/b8-4+/t28-/m1/s1. The maximum Gasteiger partial charge on any atom is 0.265 e. The second kappa shape index (κ2) is 10.8. The van der Waals surface area contributed by atoms with Gasteiger partial charge in [-0.1, -0.05) is 54.1 Å². The number of β-amino-alcohol motifs (C(OH)–C–C–N with tert-alkyl or cyclic N) is 1. The van der Waals surface area contributed by atoms with E-state index in [4.69, 9.17) is 16.3 Å². The highest BCUT2D eigenvalue weighted by atomic mass is 35.5. The molecule has 0 saturated carbocycles. The number of aliphatic hydroxyl groups is 1. The van der Waals surface area contributed by atoms with Gasteiger partial charge in [0.05, 0.1) is 23.4 Å². The third-order valence-electron chi connectivity index (χ3n) is 6.30. The van der Waals surface area contributed by atoms with Gasteiger partial charge in [0.2, 0.25) is 0 Å². The number of amides is 1. The number of sulfonamides is 1. The van der Waals surface area contributed by atoms with E-state index in [9.17, 15) is 18.3 Å². The highest BCUT2D eigenvalue weighted by Gasteiger charge is 2.35. The molecule has 10 heteroatoms. The number of ether oxygens (including phenoxy) is 1. The van der Waals surface area contributed by atoms with Crippen molar-refractivity contribution in [1.82, 2.24) is 4.90 Å². The molecule has 1 amide bonds. The molecule has 0 aromatic heterocycles. The molecule has 0 radical (unpaired) electrons. The average molecular weight is 559 g/mol. The minimum absolute atomic E-state index is 0.0339. The first-order chi connectivity index (χ1) is 18.0. The van der Waals surface area contributed by atoms with E-state index in [-0.39, 0.29) is 39.0 Å². The van der Waals surface area contributed by atoms with Crippen molar-refractivity contribution in [1.29, 1.82) is 0 Å². The predicted octanol–water partition coefficient (Wildman–Crippen LogP) is 5.59. The van der Waals surface area contributed by atoms with Crippen LogP contribution in [-0.2, 0) is 10.0 Å². The fourth-order valence-corrected chi connectivity index (χ4v) is 6.07. The molecule has 3 aromatic carbocycles. The summed E-state index contributed by atoms with van der Waals surface area (Å²) in [5.41, 5.74) is 0.244. The van der Waals surface area contributed by atoms with Crippen LogP contribution in [0.25, 0.3) is 17.2 Å². The summed E-state index contributed by atoms with van der Waals surface area (Å²) in [5, 5.41) is 10.2. The van der Waals surface area contributed by atoms with Crippen molar-refractivity contribution in [2.45, 2.75) is 30.8 Å². The van der Waals surface area contributed by atoms with E-state index in [1.165, 1.54) is 36.3 Å². The number of hydrogen-bond donors (Lipinski definition) is 2. The zero-order chi connectivity index (χ0) is 27.7. The summed E-state index contributed by atoms with van der Waals surface area (Å²) in [6.07, 6.45) is 3.65. The molecule has 1 fully saturated rings. The fourth-order valence-electron chi connectivity index (χ4n) is 4.42. The monoisotopic (exact) mass is 558 g/mol. The second-order valence-corrected chi connectivity index (χ2v) is 11.4. The third kappa shape index (κ3) is 5.70. The number of anilines is 1. The SMILES string of the molecule is C/C=C/c1cc(F)c(-c2ccccc2)cc1NS(=O)(=O)c1cc(C(=O)N2CC[C@@](C)(O)C2)cc(Cl)c1OC. The van der Waals surface area contributed by atoms with E-state index in [1.807, 2.05) is 0 Å². The van der Waals surface area contributed by atoms with Crippen LogP contribution in [0.3, 0.4) is 0 Å². The van der Waals surface area contributed by atoms with Gasteiger partial charge in [-0.15, -0.1) is 0 Å². The lowest BCUT2D eigenvalue weighted by Gasteiger charge is -2.20. The first kappa shape index (κ1) is 27.6. The largest absolute Gasteiger partial charge is 0.494 e. The van der Waals surface area contributed by atoms with Gasteiger partial charge in [0.15, 0.2) is 5.75 Å². The van der Waals surface area contributed by atoms with Gasteiger partial charge in [0.1, 0.15) is 10.7 Å². The van der Waals surface area contributed by atoms with Crippen LogP contribution < -0.4 is 9.46 Å². The van der Waals surface area contributed by atoms with Crippen molar-refractivity contribution >= 4 is 39.3 Å². The van der Waals surface area contributed by atoms with Crippen LogP contribution in [0.1, 0.15) is 36.2 Å². The van der Waals surface area contributed by atoms with Crippen molar-refractivity contribution in [3.63, 3.8) is 0 Å². The Morgan fingerprint density at radius 2 is 1.92 bits per heavy atom. The molecule has 4 rings (SSSR count). The summed E-state index contributed by atoms with van der Waals surface area (Å²) >= 11 is 6.36. The van der Waals surface area contributed by atoms with Gasteiger partial charge in [0.25, 0.3) is 15.9 Å². The van der Waals surface area contributed by atoms with E-state index >= 15 is 4.39 Å². The van der Waals surface area contributed by atoms with Crippen LogP contribution in [0.4, 0.5) is 10.1 Å². The Labute approximate surface area is 226 Å². The Kier molecular flexibility index (Phi) is 7.83. The molecule has 7 nitrogen and oxygen atoms in total. The van der Waals surface area contributed by atoms with Gasteiger partial charge >= 0.3 is 0 Å². The molecule has 200 valence electrons. The molecule has 0 unspecified atom stereocenters. The number of halogens is 2. The van der Waals surface area contributed by atoms with Crippen LogP contribution in [-0.4, -0.2) is 50.1 Å². The van der Waals surface area contributed by atoms with Gasteiger partial charge in [-0.05, 0) is 50.1 Å². The van der Waals surface area contributed by atoms with Crippen molar-refractivity contribution in [2.24, 2.45) is 0 Å². The first-order valence-electron chi connectivity index (χ1n) is 11.9. The number of carbonyl (C=O) groups is 1. The molecule has 1 aliphatic heterocycles. The lowest BCUT2D eigenvalue weighted by atomic mass is 10.0. The zero-order valence-electron chi connectivity index (χ0n) is 21.2. The molecule has 0 aliphatic carbocycles. The number of hydrogen-bond acceptors (Lipinski definition) is 5. The molecule has 3 aromatic rings. The third-order valence-corrected chi connectivity index (χ3v) is 7.96. The van der Waals surface area contributed by atoms with E-state index in [1.54, 1.807) is 56.3 Å². The minimum atomic E-state index is -4.37. The summed E-state index contributed by atoms with van der Waals surface area (Å²) < 4.78 is 50.2. The highest BCUT2D eigenvalue weighted by Crippen LogP contribution is 2.37. The number of benzene rings is 3. The molecule has 1 saturated heterocycles. The Morgan fingerprint density at radius 1 is 1.21 bits per heavy atom. The van der Waals surface area contributed by atoms with Crippen LogP contribution in [0, 0.1) is 5.82 Å². The lowest BCUT2D eigenvalue weighted by molar-refractivity contribution is 0.0572. The number of likely N-dealkylation sites (tertiary alicyclic amines) is 1. The summed E-state index contributed by atoms with van der Waals surface area (Å²) in [6.45, 7) is 3.80. The van der Waals surface area contributed by atoms with E-state index < -0.39 is 27.3 Å². The fraction of sp³-hybridized carbons (Fsp3) is 0.250. The van der Waals surface area contributed by atoms with Crippen molar-refractivity contribution in [3.8, 4) is 16.9 Å². The molecular weight excluding hydrogens is 531 g/mol. The van der Waals surface area contributed by atoms with Crippen molar-refractivity contribution in [3.05, 3.63) is 82.6 Å². The lowest BCUT2D eigenvalue weighted by Crippen LogP contribution is -2.34. The van der Waals surface area contributed by atoms with Crippen molar-refractivity contribution < 1.29 is 27.4 Å². The molecule has 0 spiro atoms. The number of rotatable bonds is 7. The number of nitrogens with zero attached hydrogens (tertiary/aromatic N) is 1. The van der Waals surface area contributed by atoms with Crippen LogP contribution >= 0.6 is 11.6 Å². The average Bonchev–Trinajstić information content (AvgIpc) is 3.24. The van der Waals surface area contributed by atoms with Gasteiger partial charge in [-0.3, -0.25) is 9.52 Å². The summed E-state index contributed by atoms with van der Waals surface area (Å²) in [5.74, 6) is -1.12. The zero-order valence-corrected chi connectivity index (χ0v) is 22.7. The highest BCUT2D eigenvalue weighted by molar-refractivity contribution is 7.92. The Morgan fingerprint density at radius 3 is 2.53 bits per heavy atom. The molecule has 38 heavy (non-hydrogen) atoms. The quantitative estimate of drug-likeness (QED) is 0.394. The van der Waals surface area contributed by atoms with Crippen LogP contribution in [0.2, 0.25) is 5.02 Å². The summed E-state index contributed by atoms with van der Waals surface area (Å²) in [7, 11) is -3.10. The molecule has 0 bridgehead atoms. The molecule has 1 heterocycles. The van der Waals surface area contributed by atoms with Crippen LogP contribution in [0.5, 0.6) is 5.75 Å². The van der Waals surface area contributed by atoms with Crippen molar-refractivity contribution in [2.75, 3.05) is 24.9 Å². The normalized spacial score (nSPS) is 17.7. The van der Waals surface area contributed by atoms with Crippen LogP contribution in [0.15, 0.2) is 65.6 Å². The Bertz CT molecular complexity index is 1510. The predicted molar refractivity (Wildman–Crippen MR) is 147 cm³/mol. The maximum atomic E-state index is 15.0. The summed E-state index contributed by atoms with van der Waals surface area (Å²) in [6, 6.07) is 14.0. The molecule has 2 N–H and O–H groups in total. The Balaban J connectivity index is 1.79. The van der Waals surface area contributed by atoms with E-state index in [0.29, 0.717) is 24.1 Å². The smallest absolute Gasteiger partial charge is 0.265 e. The molecule has 1 aliphatic rings. The number of methoxy groups -OCH3 is 1. The number of carbonyl (C=O) groups excluding carboxylic acids is 1. The van der Waals surface area contributed by atoms with Gasteiger partial charge in [0, 0.05) is 29.8 Å². The molecular formula is C28H28ClFN2O5S. The second-order valence-electron chi connectivity index (χ2n) is 9.35. The van der Waals surface area contributed by atoms with Gasteiger partial charge < -0.3 is 14.7 Å². The Hall–Kier alpha value is -3.40.